The van der Waals surface area contributed by atoms with E-state index in [2.05, 4.69) is 4.74 Å². The van der Waals surface area contributed by atoms with Crippen LogP contribution in [0.1, 0.15) is 13.3 Å². The molecule has 0 saturated heterocycles. The number of carbonyl (C=O) groups is 1. The van der Waals surface area contributed by atoms with E-state index in [4.69, 9.17) is 5.11 Å². The molecule has 0 rings (SSSR count). The van der Waals surface area contributed by atoms with Crippen LogP contribution in [0.5, 0.6) is 0 Å². The van der Waals surface area contributed by atoms with Gasteiger partial charge in [0.1, 0.15) is 6.61 Å². The van der Waals surface area contributed by atoms with Crippen LogP contribution in [0, 0.1) is 0 Å². The van der Waals surface area contributed by atoms with Crippen molar-refractivity contribution in [1.82, 2.24) is 0 Å². The second-order valence-electron chi connectivity index (χ2n) is 2.19. The fraction of sp³-hybridized carbons (Fsp3) is 0.857. The molecule has 0 aromatic carbocycles. The Bertz CT molecular complexity index is 116. The lowest BCUT2D eigenvalue weighted by Gasteiger charge is -2.06. The third-order valence-electron chi connectivity index (χ3n) is 1.21. The smallest absolute Gasteiger partial charge is 0.306 e. The lowest BCUT2D eigenvalue weighted by Crippen LogP contribution is -2.12. The molecule has 0 amide bonds. The van der Waals surface area contributed by atoms with Gasteiger partial charge in [0, 0.05) is 5.25 Å². The quantitative estimate of drug-likeness (QED) is 0.628. The number of hydrogen-bond acceptors (Lipinski definition) is 4. The molecular weight excluding hydrogens is 164 g/mol. The van der Waals surface area contributed by atoms with Crippen LogP contribution < -0.4 is 0 Å². The van der Waals surface area contributed by atoms with E-state index < -0.39 is 0 Å². The van der Waals surface area contributed by atoms with Crippen molar-refractivity contribution in [3.05, 3.63) is 0 Å². The molecule has 0 spiro atoms. The van der Waals surface area contributed by atoms with Gasteiger partial charge in [-0.25, -0.2) is 0 Å². The zero-order chi connectivity index (χ0) is 8.69. The molecule has 1 atom stereocenters. The molecule has 0 aliphatic heterocycles. The highest BCUT2D eigenvalue weighted by Crippen LogP contribution is 2.09. The summed E-state index contributed by atoms with van der Waals surface area (Å²) in [4.78, 5) is 10.8. The third kappa shape index (κ3) is 6.19. The van der Waals surface area contributed by atoms with E-state index in [0.29, 0.717) is 11.7 Å². The minimum Gasteiger partial charge on any atom is -0.463 e. The van der Waals surface area contributed by atoms with E-state index >= 15 is 0 Å². The molecular formula is C7H14O3S. The molecule has 0 aromatic rings. The second kappa shape index (κ2) is 6.49. The minimum atomic E-state index is -0.235. The van der Waals surface area contributed by atoms with Crippen LogP contribution in [0.3, 0.4) is 0 Å². The summed E-state index contributed by atoms with van der Waals surface area (Å²) in [6, 6.07) is 0. The van der Waals surface area contributed by atoms with Crippen LogP contribution in [-0.2, 0) is 9.53 Å². The predicted molar refractivity (Wildman–Crippen MR) is 45.6 cm³/mol. The number of thioether (sulfide) groups is 1. The molecule has 3 nitrogen and oxygen atoms in total. The van der Waals surface area contributed by atoms with Crippen molar-refractivity contribution in [2.45, 2.75) is 18.6 Å². The highest BCUT2D eigenvalue weighted by Gasteiger charge is 2.07. The van der Waals surface area contributed by atoms with Crippen LogP contribution in [0.25, 0.3) is 0 Å². The summed E-state index contributed by atoms with van der Waals surface area (Å²) in [6.45, 7) is 1.98. The van der Waals surface area contributed by atoms with E-state index in [1.165, 1.54) is 0 Å². The van der Waals surface area contributed by atoms with Crippen LogP contribution >= 0.6 is 11.8 Å². The topological polar surface area (TPSA) is 46.5 Å². The molecule has 0 aromatic heterocycles. The monoisotopic (exact) mass is 178 g/mol. The summed E-state index contributed by atoms with van der Waals surface area (Å²) in [5, 5.41) is 8.62. The Labute approximate surface area is 71.1 Å². The van der Waals surface area contributed by atoms with Gasteiger partial charge in [-0.15, -0.1) is 0 Å². The maximum atomic E-state index is 10.8. The number of aliphatic hydroxyl groups excluding tert-OH is 1. The zero-order valence-corrected chi connectivity index (χ0v) is 7.69. The van der Waals surface area contributed by atoms with Gasteiger partial charge >= 0.3 is 5.97 Å². The Balaban J connectivity index is 3.36. The van der Waals surface area contributed by atoms with Gasteiger partial charge in [0.05, 0.1) is 13.0 Å². The summed E-state index contributed by atoms with van der Waals surface area (Å²) < 4.78 is 4.66. The Morgan fingerprint density at radius 1 is 1.73 bits per heavy atom. The maximum Gasteiger partial charge on any atom is 0.306 e. The summed E-state index contributed by atoms with van der Waals surface area (Å²) >= 11 is 1.62. The highest BCUT2D eigenvalue weighted by atomic mass is 32.2. The highest BCUT2D eigenvalue weighted by molar-refractivity contribution is 7.99. The molecule has 1 N–H and O–H groups in total. The van der Waals surface area contributed by atoms with E-state index in [-0.39, 0.29) is 19.2 Å². The summed E-state index contributed by atoms with van der Waals surface area (Å²) in [7, 11) is 0. The molecule has 0 heterocycles. The van der Waals surface area contributed by atoms with E-state index in [1.807, 2.05) is 13.2 Å². The Hall–Kier alpha value is -0.220. The van der Waals surface area contributed by atoms with E-state index in [1.54, 1.807) is 11.8 Å². The van der Waals surface area contributed by atoms with Crippen LogP contribution in [0.4, 0.5) is 0 Å². The van der Waals surface area contributed by atoms with Gasteiger partial charge in [0.2, 0.25) is 0 Å². The van der Waals surface area contributed by atoms with Gasteiger partial charge in [0.25, 0.3) is 0 Å². The first-order chi connectivity index (χ1) is 5.20. The van der Waals surface area contributed by atoms with Crippen molar-refractivity contribution in [1.29, 1.82) is 0 Å². The van der Waals surface area contributed by atoms with Crippen molar-refractivity contribution in [3.8, 4) is 0 Å². The van der Waals surface area contributed by atoms with Gasteiger partial charge in [-0.05, 0) is 6.26 Å². The van der Waals surface area contributed by atoms with E-state index in [0.717, 1.165) is 0 Å². The molecule has 66 valence electrons. The Morgan fingerprint density at radius 3 is 2.82 bits per heavy atom. The first-order valence-electron chi connectivity index (χ1n) is 3.50. The largest absolute Gasteiger partial charge is 0.463 e. The van der Waals surface area contributed by atoms with Gasteiger partial charge in [0.15, 0.2) is 0 Å². The second-order valence-corrected chi connectivity index (χ2v) is 3.47. The summed E-state index contributed by atoms with van der Waals surface area (Å²) in [5.41, 5.74) is 0. The molecule has 4 heteroatoms. The molecule has 1 unspecified atom stereocenters. The molecule has 0 aliphatic rings. The molecule has 0 saturated carbocycles. The van der Waals surface area contributed by atoms with Crippen molar-refractivity contribution in [2.24, 2.45) is 0 Å². The lowest BCUT2D eigenvalue weighted by molar-refractivity contribution is -0.144. The fourth-order valence-corrected chi connectivity index (χ4v) is 0.839. The number of esters is 1. The number of carbonyl (C=O) groups excluding carboxylic acids is 1. The van der Waals surface area contributed by atoms with Crippen molar-refractivity contribution < 1.29 is 14.6 Å². The fourth-order valence-electron chi connectivity index (χ4n) is 0.536. The van der Waals surface area contributed by atoms with Gasteiger partial charge < -0.3 is 9.84 Å². The standard InChI is InChI=1S/C7H14O3S/c1-6(11-2)5-7(9)10-4-3-8/h6,8H,3-5H2,1-2H3. The molecule has 0 radical (unpaired) electrons. The number of rotatable bonds is 5. The normalized spacial score (nSPS) is 12.6. The maximum absolute atomic E-state index is 10.8. The first kappa shape index (κ1) is 10.8. The van der Waals surface area contributed by atoms with Crippen molar-refractivity contribution in [3.63, 3.8) is 0 Å². The molecule has 0 aliphatic carbocycles. The van der Waals surface area contributed by atoms with Crippen LogP contribution in [0.2, 0.25) is 0 Å². The SMILES string of the molecule is CSC(C)CC(=O)OCCO. The molecule has 0 bridgehead atoms. The lowest BCUT2D eigenvalue weighted by atomic mass is 10.3. The van der Waals surface area contributed by atoms with Gasteiger partial charge in [-0.3, -0.25) is 4.79 Å². The Kier molecular flexibility index (Phi) is 6.36. The molecule has 0 fully saturated rings. The zero-order valence-electron chi connectivity index (χ0n) is 6.87. The summed E-state index contributed by atoms with van der Waals surface area (Å²) in [5.74, 6) is -0.235. The van der Waals surface area contributed by atoms with Crippen molar-refractivity contribution in [2.75, 3.05) is 19.5 Å². The Morgan fingerprint density at radius 2 is 2.36 bits per heavy atom. The number of hydrogen-bond donors (Lipinski definition) is 1. The average molecular weight is 178 g/mol. The van der Waals surface area contributed by atoms with Crippen molar-refractivity contribution >= 4 is 17.7 Å². The number of aliphatic hydroxyl groups is 1. The molecule has 11 heavy (non-hydrogen) atoms. The summed E-state index contributed by atoms with van der Waals surface area (Å²) in [6.07, 6.45) is 2.37. The number of ether oxygens (including phenoxy) is 1. The van der Waals surface area contributed by atoms with E-state index in [9.17, 15) is 4.79 Å². The first-order valence-corrected chi connectivity index (χ1v) is 4.78. The third-order valence-corrected chi connectivity index (χ3v) is 2.18. The van der Waals surface area contributed by atoms with Gasteiger partial charge in [-0.1, -0.05) is 6.92 Å². The average Bonchev–Trinajstić information content (AvgIpc) is 2.00. The minimum absolute atomic E-state index is 0.0978. The van der Waals surface area contributed by atoms with Crippen LogP contribution in [-0.4, -0.2) is 35.8 Å². The van der Waals surface area contributed by atoms with Crippen LogP contribution in [0.15, 0.2) is 0 Å². The van der Waals surface area contributed by atoms with Gasteiger partial charge in [-0.2, -0.15) is 11.8 Å². The predicted octanol–water partition coefficient (Wildman–Crippen LogP) is 0.663.